The molecule has 2 heterocycles. The molecule has 1 aromatic heterocycles. The second-order valence-corrected chi connectivity index (χ2v) is 8.21. The number of fused-ring (bicyclic) bond motifs is 2. The third-order valence-corrected chi connectivity index (χ3v) is 6.23. The van der Waals surface area contributed by atoms with E-state index in [1.54, 1.807) is 5.57 Å². The van der Waals surface area contributed by atoms with Crippen LogP contribution < -0.4 is 4.57 Å². The third kappa shape index (κ3) is 2.29. The number of hydrogen-bond acceptors (Lipinski definition) is 1. The summed E-state index contributed by atoms with van der Waals surface area (Å²) in [5.41, 5.74) is 5.87. The second-order valence-electron chi connectivity index (χ2n) is 8.21. The average Bonchev–Trinajstić information content (AvgIpc) is 2.53. The van der Waals surface area contributed by atoms with Crippen molar-refractivity contribution in [2.75, 3.05) is 0 Å². The maximum Gasteiger partial charge on any atom is 0.287 e. The van der Waals surface area contributed by atoms with Crippen molar-refractivity contribution >= 4 is 5.57 Å². The largest absolute Gasteiger partial charge is 0.287 e. The molecular formula is C21H31N2+. The Labute approximate surface area is 141 Å². The molecule has 0 saturated carbocycles. The van der Waals surface area contributed by atoms with Crippen molar-refractivity contribution in [2.24, 2.45) is 5.41 Å². The predicted octanol–water partition coefficient (Wildman–Crippen LogP) is 5.15. The van der Waals surface area contributed by atoms with Crippen LogP contribution in [-0.2, 0) is 5.54 Å². The number of hydrogen-bond donors (Lipinski definition) is 0. The van der Waals surface area contributed by atoms with Gasteiger partial charge in [0.1, 0.15) is 11.2 Å². The van der Waals surface area contributed by atoms with Crippen molar-refractivity contribution < 1.29 is 4.57 Å². The fraction of sp³-hybridized carbons (Fsp3) is 0.619. The van der Waals surface area contributed by atoms with Gasteiger partial charge in [0.25, 0.3) is 6.33 Å². The Hall–Kier alpha value is -1.44. The molecule has 1 unspecified atom stereocenters. The van der Waals surface area contributed by atoms with Crippen LogP contribution in [0.3, 0.4) is 0 Å². The summed E-state index contributed by atoms with van der Waals surface area (Å²) in [5, 5.41) is 0. The molecule has 0 radical (unpaired) electrons. The van der Waals surface area contributed by atoms with Gasteiger partial charge in [0.2, 0.25) is 0 Å². The lowest BCUT2D eigenvalue weighted by Gasteiger charge is -2.48. The maximum absolute atomic E-state index is 4.79. The Morgan fingerprint density at radius 2 is 2.00 bits per heavy atom. The van der Waals surface area contributed by atoms with Crippen LogP contribution in [0.4, 0.5) is 0 Å². The van der Waals surface area contributed by atoms with E-state index in [4.69, 9.17) is 4.98 Å². The minimum absolute atomic E-state index is 0.0695. The van der Waals surface area contributed by atoms with Crippen molar-refractivity contribution in [3.05, 3.63) is 41.5 Å². The Bertz CT molecular complexity index is 679. The number of allylic oxidation sites excluding steroid dienone is 4. The zero-order valence-corrected chi connectivity index (χ0v) is 15.6. The standard InChI is InChI=1S/C21H31N2/c1-7-12-21(6)20(4,5)17-11-9-8-10-16(17)19-13-18(15(2)3)22-14-23(19)21/h9,11,13-15H,7-8,10,12H2,1-6H3/q+1. The summed E-state index contributed by atoms with van der Waals surface area (Å²) >= 11 is 0. The summed E-state index contributed by atoms with van der Waals surface area (Å²) in [4.78, 5) is 4.79. The van der Waals surface area contributed by atoms with Gasteiger partial charge in [-0.05, 0) is 31.8 Å². The number of nitrogens with zero attached hydrogens (tertiary/aromatic N) is 2. The number of rotatable bonds is 3. The van der Waals surface area contributed by atoms with E-state index in [0.717, 1.165) is 12.8 Å². The van der Waals surface area contributed by atoms with Crippen molar-refractivity contribution in [1.29, 1.82) is 0 Å². The molecule has 2 aliphatic rings. The van der Waals surface area contributed by atoms with Crippen LogP contribution in [0.5, 0.6) is 0 Å². The average molecular weight is 311 g/mol. The third-order valence-electron chi connectivity index (χ3n) is 6.23. The summed E-state index contributed by atoms with van der Waals surface area (Å²) in [6, 6.07) is 2.35. The van der Waals surface area contributed by atoms with Gasteiger partial charge in [0, 0.05) is 23.0 Å². The van der Waals surface area contributed by atoms with Gasteiger partial charge in [-0.2, -0.15) is 0 Å². The van der Waals surface area contributed by atoms with E-state index in [1.807, 2.05) is 0 Å². The van der Waals surface area contributed by atoms with Gasteiger partial charge in [0.15, 0.2) is 5.69 Å². The zero-order chi connectivity index (χ0) is 16.8. The van der Waals surface area contributed by atoms with Gasteiger partial charge in [-0.25, -0.2) is 4.57 Å². The van der Waals surface area contributed by atoms with Crippen LogP contribution >= 0.6 is 0 Å². The SMILES string of the molecule is CCCC1(C)[n+]2cnc(C(C)C)cc2C2=C(C=CCC2)C1(C)C. The molecule has 1 aliphatic carbocycles. The quantitative estimate of drug-likeness (QED) is 0.705. The number of aromatic nitrogens is 2. The highest BCUT2D eigenvalue weighted by Gasteiger charge is 2.52. The smallest absolute Gasteiger partial charge is 0.224 e. The van der Waals surface area contributed by atoms with E-state index < -0.39 is 0 Å². The molecule has 1 atom stereocenters. The summed E-state index contributed by atoms with van der Waals surface area (Å²) < 4.78 is 2.49. The molecule has 2 nitrogen and oxygen atoms in total. The fourth-order valence-corrected chi connectivity index (χ4v) is 4.40. The molecule has 23 heavy (non-hydrogen) atoms. The molecule has 0 amide bonds. The molecule has 0 fully saturated rings. The first-order valence-corrected chi connectivity index (χ1v) is 9.15. The minimum Gasteiger partial charge on any atom is -0.224 e. The fourth-order valence-electron chi connectivity index (χ4n) is 4.40. The Balaban J connectivity index is 2.31. The first-order chi connectivity index (χ1) is 10.8. The maximum atomic E-state index is 4.79. The highest BCUT2D eigenvalue weighted by atomic mass is 15.1. The molecule has 0 saturated heterocycles. The molecule has 0 aromatic carbocycles. The lowest BCUT2D eigenvalue weighted by Crippen LogP contribution is -2.66. The highest BCUT2D eigenvalue weighted by Crippen LogP contribution is 2.51. The van der Waals surface area contributed by atoms with E-state index in [1.165, 1.54) is 29.8 Å². The molecule has 0 N–H and O–H groups in total. The van der Waals surface area contributed by atoms with E-state index in [9.17, 15) is 0 Å². The molecule has 124 valence electrons. The predicted molar refractivity (Wildman–Crippen MR) is 96.2 cm³/mol. The van der Waals surface area contributed by atoms with Crippen molar-refractivity contribution in [3.8, 4) is 0 Å². The molecule has 3 rings (SSSR count). The second kappa shape index (κ2) is 5.58. The lowest BCUT2D eigenvalue weighted by molar-refractivity contribution is -0.781. The molecule has 0 spiro atoms. The Morgan fingerprint density at radius 3 is 2.65 bits per heavy atom. The van der Waals surface area contributed by atoms with Gasteiger partial charge in [0.05, 0.1) is 0 Å². The van der Waals surface area contributed by atoms with Crippen LogP contribution in [0.15, 0.2) is 30.1 Å². The molecule has 0 bridgehead atoms. The zero-order valence-electron chi connectivity index (χ0n) is 15.6. The van der Waals surface area contributed by atoms with Crippen LogP contribution in [-0.4, -0.2) is 4.98 Å². The Kier molecular flexibility index (Phi) is 3.98. The van der Waals surface area contributed by atoms with E-state index in [0.29, 0.717) is 5.92 Å². The summed E-state index contributed by atoms with van der Waals surface area (Å²) in [5.74, 6) is 0.469. The Morgan fingerprint density at radius 1 is 1.26 bits per heavy atom. The van der Waals surface area contributed by atoms with Crippen molar-refractivity contribution in [3.63, 3.8) is 0 Å². The van der Waals surface area contributed by atoms with E-state index in [2.05, 4.69) is 70.7 Å². The summed E-state index contributed by atoms with van der Waals surface area (Å²) in [7, 11) is 0. The van der Waals surface area contributed by atoms with Crippen molar-refractivity contribution in [1.82, 2.24) is 4.98 Å². The highest BCUT2D eigenvalue weighted by molar-refractivity contribution is 5.71. The van der Waals surface area contributed by atoms with Crippen molar-refractivity contribution in [2.45, 2.75) is 78.7 Å². The summed E-state index contributed by atoms with van der Waals surface area (Å²) in [6.07, 6.45) is 11.5. The van der Waals surface area contributed by atoms with Gasteiger partial charge < -0.3 is 0 Å². The first-order valence-electron chi connectivity index (χ1n) is 9.15. The summed E-state index contributed by atoms with van der Waals surface area (Å²) in [6.45, 7) is 14.0. The first kappa shape index (κ1) is 16.4. The lowest BCUT2D eigenvalue weighted by atomic mass is 9.61. The monoisotopic (exact) mass is 311 g/mol. The van der Waals surface area contributed by atoms with Gasteiger partial charge >= 0.3 is 0 Å². The van der Waals surface area contributed by atoms with Gasteiger partial charge in [-0.3, -0.25) is 0 Å². The van der Waals surface area contributed by atoms with Gasteiger partial charge in [-0.1, -0.05) is 58.2 Å². The normalized spacial score (nSPS) is 25.5. The molecule has 1 aromatic rings. The molecule has 1 aliphatic heterocycles. The minimum atomic E-state index is 0.0695. The van der Waals surface area contributed by atoms with Crippen LogP contribution in [0.25, 0.3) is 5.57 Å². The van der Waals surface area contributed by atoms with Crippen LogP contribution in [0.1, 0.15) is 84.5 Å². The molecule has 2 heteroatoms. The van der Waals surface area contributed by atoms with E-state index in [-0.39, 0.29) is 11.0 Å². The topological polar surface area (TPSA) is 16.8 Å². The van der Waals surface area contributed by atoms with E-state index >= 15 is 0 Å². The van der Waals surface area contributed by atoms with Gasteiger partial charge in [-0.15, -0.1) is 0 Å². The molecular weight excluding hydrogens is 280 g/mol. The van der Waals surface area contributed by atoms with Crippen LogP contribution in [0.2, 0.25) is 0 Å². The van der Waals surface area contributed by atoms with Crippen LogP contribution in [0, 0.1) is 5.41 Å².